The average Bonchev–Trinajstić information content (AvgIpc) is 2.99. The van der Waals surface area contributed by atoms with Crippen LogP contribution in [-0.2, 0) is 21.9 Å². The SMILES string of the molecule is O=C(NC1Cc2ccccc2C12CCN(S(=O)(=O)CC(F)(F)F)CC2)c1ccc(Cl)cc1Cl. The van der Waals surface area contributed by atoms with E-state index in [9.17, 15) is 26.4 Å². The van der Waals surface area contributed by atoms with Gasteiger partial charge in [-0.3, -0.25) is 4.79 Å². The highest BCUT2D eigenvalue weighted by atomic mass is 35.5. The predicted octanol–water partition coefficient (Wildman–Crippen LogP) is 4.57. The van der Waals surface area contributed by atoms with Crippen LogP contribution in [-0.4, -0.2) is 49.7 Å². The fraction of sp³-hybridized carbons (Fsp3) is 0.409. The Hall–Kier alpha value is -1.81. The normalized spacial score (nSPS) is 20.6. The van der Waals surface area contributed by atoms with Crippen molar-refractivity contribution in [3.05, 3.63) is 69.2 Å². The largest absolute Gasteiger partial charge is 0.404 e. The van der Waals surface area contributed by atoms with Crippen LogP contribution in [0.4, 0.5) is 13.2 Å². The zero-order valence-electron chi connectivity index (χ0n) is 17.3. The topological polar surface area (TPSA) is 66.5 Å². The smallest absolute Gasteiger partial charge is 0.348 e. The number of piperidine rings is 1. The van der Waals surface area contributed by atoms with E-state index < -0.39 is 27.4 Å². The molecule has 0 saturated carbocycles. The van der Waals surface area contributed by atoms with E-state index in [1.54, 1.807) is 6.07 Å². The van der Waals surface area contributed by atoms with Crippen LogP contribution in [0.3, 0.4) is 0 Å². The third-order valence-electron chi connectivity index (χ3n) is 6.48. The maximum absolute atomic E-state index is 13.0. The molecule has 178 valence electrons. The molecule has 4 rings (SSSR count). The minimum Gasteiger partial charge on any atom is -0.348 e. The molecule has 1 amide bonds. The standard InChI is InChI=1S/C22H21Cl2F3N2O3S/c23-15-5-6-16(18(24)12-15)20(30)28-19-11-14-3-1-2-4-17(14)21(19)7-9-29(10-8-21)33(31,32)13-22(25,26)27/h1-6,12,19H,7-11,13H2,(H,28,30). The van der Waals surface area contributed by atoms with E-state index in [0.717, 1.165) is 15.4 Å². The van der Waals surface area contributed by atoms with Crippen molar-refractivity contribution < 1.29 is 26.4 Å². The molecule has 1 N–H and O–H groups in total. The van der Waals surface area contributed by atoms with Crippen LogP contribution in [0.5, 0.6) is 0 Å². The van der Waals surface area contributed by atoms with E-state index in [4.69, 9.17) is 23.2 Å². The Morgan fingerprint density at radius 1 is 1.12 bits per heavy atom. The summed E-state index contributed by atoms with van der Waals surface area (Å²) < 4.78 is 63.7. The Morgan fingerprint density at radius 3 is 2.42 bits per heavy atom. The lowest BCUT2D eigenvalue weighted by Crippen LogP contribution is -2.55. The summed E-state index contributed by atoms with van der Waals surface area (Å²) in [4.78, 5) is 13.0. The quantitative estimate of drug-likeness (QED) is 0.641. The van der Waals surface area contributed by atoms with Crippen LogP contribution in [0.15, 0.2) is 42.5 Å². The summed E-state index contributed by atoms with van der Waals surface area (Å²) in [5, 5.41) is 3.64. The molecule has 33 heavy (non-hydrogen) atoms. The molecule has 5 nitrogen and oxygen atoms in total. The number of rotatable bonds is 4. The Balaban J connectivity index is 1.59. The van der Waals surface area contributed by atoms with Crippen LogP contribution >= 0.6 is 23.2 Å². The number of alkyl halides is 3. The monoisotopic (exact) mass is 520 g/mol. The Bertz CT molecular complexity index is 1180. The van der Waals surface area contributed by atoms with Crippen molar-refractivity contribution in [3.8, 4) is 0 Å². The van der Waals surface area contributed by atoms with Crippen molar-refractivity contribution in [2.45, 2.75) is 36.9 Å². The van der Waals surface area contributed by atoms with Gasteiger partial charge in [0, 0.05) is 29.6 Å². The van der Waals surface area contributed by atoms with Gasteiger partial charge in [0.1, 0.15) is 0 Å². The Kier molecular flexibility index (Phi) is 6.46. The maximum Gasteiger partial charge on any atom is 0.404 e. The van der Waals surface area contributed by atoms with Crippen LogP contribution < -0.4 is 5.32 Å². The van der Waals surface area contributed by atoms with Gasteiger partial charge in [-0.1, -0.05) is 47.5 Å². The third kappa shape index (κ3) is 4.87. The summed E-state index contributed by atoms with van der Waals surface area (Å²) >= 11 is 12.1. The summed E-state index contributed by atoms with van der Waals surface area (Å²) in [5.41, 5.74) is 1.69. The third-order valence-corrected chi connectivity index (χ3v) is 8.87. The molecule has 2 aromatic rings. The van der Waals surface area contributed by atoms with Crippen LogP contribution in [0.25, 0.3) is 0 Å². The molecule has 1 aliphatic carbocycles. The lowest BCUT2D eigenvalue weighted by atomic mass is 9.71. The van der Waals surface area contributed by atoms with E-state index in [-0.39, 0.29) is 35.6 Å². The Labute approximate surface area is 199 Å². The number of hydrogen-bond acceptors (Lipinski definition) is 3. The first-order chi connectivity index (χ1) is 15.4. The molecule has 1 heterocycles. The first-order valence-electron chi connectivity index (χ1n) is 10.3. The second-order valence-corrected chi connectivity index (χ2v) is 11.3. The predicted molar refractivity (Wildman–Crippen MR) is 120 cm³/mol. The van der Waals surface area contributed by atoms with Crippen LogP contribution in [0.2, 0.25) is 10.0 Å². The van der Waals surface area contributed by atoms with Crippen LogP contribution in [0, 0.1) is 0 Å². The van der Waals surface area contributed by atoms with Gasteiger partial charge in [0.25, 0.3) is 5.91 Å². The minimum atomic E-state index is -4.80. The van der Waals surface area contributed by atoms with Gasteiger partial charge in [0.15, 0.2) is 5.75 Å². The van der Waals surface area contributed by atoms with E-state index >= 15 is 0 Å². The maximum atomic E-state index is 13.0. The van der Waals surface area contributed by atoms with Gasteiger partial charge in [0.2, 0.25) is 10.0 Å². The van der Waals surface area contributed by atoms with Gasteiger partial charge in [-0.05, 0) is 48.6 Å². The molecule has 0 bridgehead atoms. The van der Waals surface area contributed by atoms with Crippen molar-refractivity contribution >= 4 is 39.1 Å². The number of carbonyl (C=O) groups excluding carboxylic acids is 1. The van der Waals surface area contributed by atoms with E-state index in [0.29, 0.717) is 24.3 Å². The van der Waals surface area contributed by atoms with Gasteiger partial charge in [-0.15, -0.1) is 0 Å². The van der Waals surface area contributed by atoms with Gasteiger partial charge in [-0.2, -0.15) is 13.2 Å². The highest BCUT2D eigenvalue weighted by molar-refractivity contribution is 7.89. The van der Waals surface area contributed by atoms with E-state index in [1.165, 1.54) is 12.1 Å². The molecule has 1 spiro atoms. The number of amides is 1. The number of fused-ring (bicyclic) bond motifs is 2. The summed E-state index contributed by atoms with van der Waals surface area (Å²) in [7, 11) is -4.47. The molecule has 0 radical (unpaired) electrons. The zero-order chi connectivity index (χ0) is 24.0. The van der Waals surface area contributed by atoms with Crippen molar-refractivity contribution in [3.63, 3.8) is 0 Å². The Morgan fingerprint density at radius 2 is 1.79 bits per heavy atom. The van der Waals surface area contributed by atoms with Crippen LogP contribution in [0.1, 0.15) is 34.3 Å². The zero-order valence-corrected chi connectivity index (χ0v) is 19.7. The number of benzene rings is 2. The molecular formula is C22H21Cl2F3N2O3S. The number of halogens is 5. The van der Waals surface area contributed by atoms with Crippen molar-refractivity contribution in [2.24, 2.45) is 0 Å². The second kappa shape index (κ2) is 8.76. The molecule has 1 aliphatic heterocycles. The molecule has 1 saturated heterocycles. The molecule has 1 unspecified atom stereocenters. The molecule has 2 aliphatic rings. The molecule has 0 aromatic heterocycles. The molecule has 2 aromatic carbocycles. The fourth-order valence-corrected chi connectivity index (χ4v) is 6.79. The first kappa shape index (κ1) is 24.3. The summed E-state index contributed by atoms with van der Waals surface area (Å²) in [6.45, 7) is -0.109. The van der Waals surface area contributed by atoms with Gasteiger partial charge in [-0.25, -0.2) is 12.7 Å². The van der Waals surface area contributed by atoms with Gasteiger partial charge < -0.3 is 5.32 Å². The van der Waals surface area contributed by atoms with Crippen molar-refractivity contribution in [1.82, 2.24) is 9.62 Å². The molecule has 1 fully saturated rings. The number of nitrogens with one attached hydrogen (secondary N) is 1. The number of nitrogens with zero attached hydrogens (tertiary/aromatic N) is 1. The summed E-state index contributed by atoms with van der Waals surface area (Å²) in [5.74, 6) is -2.26. The lowest BCUT2D eigenvalue weighted by molar-refractivity contribution is -0.107. The van der Waals surface area contributed by atoms with E-state index in [1.807, 2.05) is 24.3 Å². The summed E-state index contributed by atoms with van der Waals surface area (Å²) in [6.07, 6.45) is -3.69. The highest BCUT2D eigenvalue weighted by Crippen LogP contribution is 2.47. The number of sulfonamides is 1. The molecule has 11 heteroatoms. The second-order valence-electron chi connectivity index (χ2n) is 8.44. The number of hydrogen-bond donors (Lipinski definition) is 1. The number of carbonyl (C=O) groups is 1. The minimum absolute atomic E-state index is 0.0547. The van der Waals surface area contributed by atoms with Gasteiger partial charge >= 0.3 is 6.18 Å². The first-order valence-corrected chi connectivity index (χ1v) is 12.7. The average molecular weight is 521 g/mol. The highest BCUT2D eigenvalue weighted by Gasteiger charge is 2.51. The fourth-order valence-electron chi connectivity index (χ4n) is 4.97. The van der Waals surface area contributed by atoms with E-state index in [2.05, 4.69) is 5.32 Å². The molecule has 1 atom stereocenters. The summed E-state index contributed by atoms with van der Waals surface area (Å²) in [6, 6.07) is 11.8. The van der Waals surface area contributed by atoms with Gasteiger partial charge in [0.05, 0.1) is 10.6 Å². The molecular weight excluding hydrogens is 500 g/mol. The van der Waals surface area contributed by atoms with Crippen molar-refractivity contribution in [2.75, 3.05) is 18.8 Å². The van der Waals surface area contributed by atoms with Crippen molar-refractivity contribution in [1.29, 1.82) is 0 Å². The lowest BCUT2D eigenvalue weighted by Gasteiger charge is -2.43.